The molecule has 0 amide bonds. The van der Waals surface area contributed by atoms with Gasteiger partial charge in [-0.15, -0.1) is 34.0 Å². The fourth-order valence-electron chi connectivity index (χ4n) is 18.7. The van der Waals surface area contributed by atoms with Gasteiger partial charge in [0.05, 0.1) is 65.6 Å². The van der Waals surface area contributed by atoms with Crippen molar-refractivity contribution in [3.63, 3.8) is 0 Å². The van der Waals surface area contributed by atoms with Gasteiger partial charge in [0.15, 0.2) is 0 Å². The van der Waals surface area contributed by atoms with E-state index in [4.69, 9.17) is 0 Å². The predicted molar refractivity (Wildman–Crippen MR) is 501 cm³/mol. The molecule has 26 aromatic rings. The van der Waals surface area contributed by atoms with Crippen LogP contribution in [0.25, 0.3) is 220 Å². The van der Waals surface area contributed by atoms with E-state index in [1.807, 2.05) is 34.0 Å². The van der Waals surface area contributed by atoms with E-state index in [1.165, 1.54) is 220 Å². The van der Waals surface area contributed by atoms with Gasteiger partial charge in [-0.1, -0.05) is 249 Å². The SMILES string of the molecule is c1cc(-c2cccc(-n3c4ccccc4c4ccccc43)c2)cc(-c2ccc3sc4ccccc4c3c2)c1.c1ccc2c(c1)c1ccccc1n2-c1ccc2sc3ccc(-n4c5ccccc5c5ccccc54)cc3c2c1.c1ccc2c(c1)sc1c(-n3c4ccccc4c4cc(-n5c6ccccc6c6ccccc65)ccc43)cccc12. The van der Waals surface area contributed by atoms with Gasteiger partial charge < -0.3 is 22.8 Å². The second-order valence-electron chi connectivity index (χ2n) is 30.2. The number of para-hydroxylation sites is 9. The molecule has 0 atom stereocenters. The maximum atomic E-state index is 2.46. The molecular formula is C108H67N5S3. The quantitative estimate of drug-likeness (QED) is 0.152. The molecule has 0 spiro atoms. The molecule has 0 N–H and O–H groups in total. The van der Waals surface area contributed by atoms with Gasteiger partial charge in [-0.2, -0.15) is 0 Å². The van der Waals surface area contributed by atoms with Crippen LogP contribution < -0.4 is 0 Å². The highest BCUT2D eigenvalue weighted by Crippen LogP contribution is 2.46. The van der Waals surface area contributed by atoms with Gasteiger partial charge in [0.25, 0.3) is 0 Å². The molecule has 0 fully saturated rings. The number of thiophene rings is 3. The Balaban J connectivity index is 0.0000001000. The molecule has 542 valence electrons. The summed E-state index contributed by atoms with van der Waals surface area (Å²) < 4.78 is 20.0. The average molecular weight is 1530 g/mol. The molecule has 0 unspecified atom stereocenters. The highest BCUT2D eigenvalue weighted by atomic mass is 32.1. The summed E-state index contributed by atoms with van der Waals surface area (Å²) in [6.07, 6.45) is 0. The minimum Gasteiger partial charge on any atom is -0.309 e. The largest absolute Gasteiger partial charge is 0.309 e. The fraction of sp³-hybridized carbons (Fsp3) is 0. The third kappa shape index (κ3) is 10.4. The van der Waals surface area contributed by atoms with E-state index >= 15 is 0 Å². The van der Waals surface area contributed by atoms with E-state index in [0.717, 1.165) is 0 Å². The Kier molecular flexibility index (Phi) is 15.2. The molecule has 8 heteroatoms. The molecular weight excluding hydrogens is 1460 g/mol. The van der Waals surface area contributed by atoms with Crippen LogP contribution in [0.1, 0.15) is 0 Å². The minimum atomic E-state index is 1.18. The smallest absolute Gasteiger partial charge is 0.0640 e. The van der Waals surface area contributed by atoms with Crippen LogP contribution in [0, 0.1) is 0 Å². The van der Waals surface area contributed by atoms with Crippen molar-refractivity contribution in [2.75, 3.05) is 0 Å². The van der Waals surface area contributed by atoms with Crippen molar-refractivity contribution < 1.29 is 0 Å². The van der Waals surface area contributed by atoms with Gasteiger partial charge in [-0.25, -0.2) is 0 Å². The minimum absolute atomic E-state index is 1.18. The van der Waals surface area contributed by atoms with Crippen LogP contribution in [0.15, 0.2) is 406 Å². The van der Waals surface area contributed by atoms with Crippen molar-refractivity contribution in [3.05, 3.63) is 406 Å². The average Bonchev–Trinajstić information content (AvgIpc) is 1.57. The van der Waals surface area contributed by atoms with Crippen LogP contribution in [-0.2, 0) is 0 Å². The van der Waals surface area contributed by atoms with E-state index < -0.39 is 0 Å². The van der Waals surface area contributed by atoms with Crippen molar-refractivity contribution >= 4 is 204 Å². The second kappa shape index (κ2) is 26.6. The number of hydrogen-bond acceptors (Lipinski definition) is 3. The zero-order valence-electron chi connectivity index (χ0n) is 62.6. The Bertz CT molecular complexity index is 8130. The van der Waals surface area contributed by atoms with Crippen molar-refractivity contribution in [1.82, 2.24) is 22.8 Å². The summed E-state index contributed by atoms with van der Waals surface area (Å²) in [6.45, 7) is 0. The monoisotopic (exact) mass is 1530 g/mol. The van der Waals surface area contributed by atoms with E-state index in [-0.39, 0.29) is 0 Å². The number of hydrogen-bond donors (Lipinski definition) is 0. The zero-order valence-corrected chi connectivity index (χ0v) is 65.1. The maximum absolute atomic E-state index is 2.46. The Morgan fingerprint density at radius 2 is 0.405 bits per heavy atom. The van der Waals surface area contributed by atoms with Crippen LogP contribution in [-0.4, -0.2) is 22.8 Å². The first-order valence-corrected chi connectivity index (χ1v) is 42.0. The van der Waals surface area contributed by atoms with Gasteiger partial charge in [0.1, 0.15) is 0 Å². The van der Waals surface area contributed by atoms with Crippen molar-refractivity contribution in [2.45, 2.75) is 0 Å². The van der Waals surface area contributed by atoms with Gasteiger partial charge in [0.2, 0.25) is 0 Å². The van der Waals surface area contributed by atoms with Crippen molar-refractivity contribution in [3.8, 4) is 50.7 Å². The molecule has 0 saturated heterocycles. The number of aromatic nitrogens is 5. The molecule has 0 bridgehead atoms. The standard InChI is InChI=1S/2C36H22N2S.C36H23NS/c1-5-15-30-24(10-1)25-11-2-6-16-31(25)37(30)23-20-21-33-29(22-23)26-12-3-7-17-32(26)38(33)34-18-9-14-28-27-13-4-8-19-35(27)39-36(28)34;1-5-13-31-25(9-1)26-10-2-6-14-32(26)37(31)23-17-19-35-29(21-23)30-22-24(18-20-36(30)39-35)38-33-15-7-3-11-27(33)28-12-4-8-16-34(28)38;1-4-16-33-29(13-1)30-14-2-5-17-34(30)37(33)28-12-8-11-26(22-28)24-9-7-10-25(21-24)27-19-20-36-32(23-27)31-15-3-6-18-35(31)38-36/h2*1-22H;1-23H. The molecule has 8 heterocycles. The summed E-state index contributed by atoms with van der Waals surface area (Å²) in [6, 6.07) is 148. The molecule has 26 rings (SSSR count). The third-order valence-corrected chi connectivity index (χ3v) is 27.3. The second-order valence-corrected chi connectivity index (χ2v) is 33.4. The topological polar surface area (TPSA) is 24.6 Å². The summed E-state index contributed by atoms with van der Waals surface area (Å²) in [7, 11) is 0. The number of fused-ring (bicyclic) bond motifs is 24. The lowest BCUT2D eigenvalue weighted by Crippen LogP contribution is -1.96. The Morgan fingerprint density at radius 3 is 0.836 bits per heavy atom. The molecule has 18 aromatic carbocycles. The first-order valence-electron chi connectivity index (χ1n) is 39.5. The van der Waals surface area contributed by atoms with Crippen molar-refractivity contribution in [1.29, 1.82) is 0 Å². The maximum Gasteiger partial charge on any atom is 0.0640 e. The Morgan fingerprint density at radius 1 is 0.138 bits per heavy atom. The van der Waals surface area contributed by atoms with Gasteiger partial charge in [-0.3, -0.25) is 0 Å². The normalized spacial score (nSPS) is 12.0. The first kappa shape index (κ1) is 66.2. The van der Waals surface area contributed by atoms with E-state index in [0.29, 0.717) is 0 Å². The Hall–Kier alpha value is -14.4. The van der Waals surface area contributed by atoms with E-state index in [1.54, 1.807) is 0 Å². The zero-order chi connectivity index (χ0) is 76.1. The fourth-order valence-corrected chi connectivity index (χ4v) is 22.1. The molecule has 0 saturated carbocycles. The summed E-state index contributed by atoms with van der Waals surface area (Å²) in [4.78, 5) is 0. The summed E-state index contributed by atoms with van der Waals surface area (Å²) in [5.74, 6) is 0. The summed E-state index contributed by atoms with van der Waals surface area (Å²) >= 11 is 5.62. The first-order chi connectivity index (χ1) is 57.5. The molecule has 0 aliphatic rings. The van der Waals surface area contributed by atoms with Crippen LogP contribution in [0.3, 0.4) is 0 Å². The van der Waals surface area contributed by atoms with Crippen LogP contribution in [0.2, 0.25) is 0 Å². The molecule has 8 aromatic heterocycles. The van der Waals surface area contributed by atoms with Gasteiger partial charge in [0, 0.05) is 132 Å². The summed E-state index contributed by atoms with van der Waals surface area (Å²) in [5, 5.41) is 20.8. The third-order valence-electron chi connectivity index (χ3n) is 23.8. The lowest BCUT2D eigenvalue weighted by Gasteiger charge is -2.11. The van der Waals surface area contributed by atoms with Crippen LogP contribution in [0.4, 0.5) is 0 Å². The Labute approximate surface area is 678 Å². The number of nitrogens with zero attached hydrogens (tertiary/aromatic N) is 5. The molecule has 0 aliphatic heterocycles. The van der Waals surface area contributed by atoms with Crippen molar-refractivity contribution in [2.24, 2.45) is 0 Å². The van der Waals surface area contributed by atoms with Gasteiger partial charge in [-0.05, 0) is 180 Å². The van der Waals surface area contributed by atoms with E-state index in [9.17, 15) is 0 Å². The van der Waals surface area contributed by atoms with Crippen LogP contribution in [0.5, 0.6) is 0 Å². The number of rotatable bonds is 7. The molecule has 5 nitrogen and oxygen atoms in total. The lowest BCUT2D eigenvalue weighted by atomic mass is 9.97. The molecule has 0 radical (unpaired) electrons. The molecule has 116 heavy (non-hydrogen) atoms. The summed E-state index contributed by atoms with van der Waals surface area (Å²) in [5.41, 5.74) is 23.3. The van der Waals surface area contributed by atoms with E-state index in [2.05, 4.69) is 429 Å². The lowest BCUT2D eigenvalue weighted by molar-refractivity contribution is 1.17. The molecule has 0 aliphatic carbocycles. The van der Waals surface area contributed by atoms with Crippen LogP contribution >= 0.6 is 34.0 Å². The highest BCUT2D eigenvalue weighted by molar-refractivity contribution is 7.26. The van der Waals surface area contributed by atoms with Gasteiger partial charge >= 0.3 is 0 Å². The predicted octanol–water partition coefficient (Wildman–Crippen LogP) is 31.0. The highest BCUT2D eigenvalue weighted by Gasteiger charge is 2.22. The number of benzene rings is 18.